The highest BCUT2D eigenvalue weighted by Gasteiger charge is 2.17. The topological polar surface area (TPSA) is 146 Å². The van der Waals surface area contributed by atoms with Gasteiger partial charge in [0.15, 0.2) is 0 Å². The Kier molecular flexibility index (Phi) is 28.8. The molecule has 15 nitrogen and oxygen atoms in total. The molecular formula is C34H62N4O11S3. The van der Waals surface area contributed by atoms with Crippen LogP contribution in [-0.2, 0) is 52.3 Å². The lowest BCUT2D eigenvalue weighted by Crippen LogP contribution is -2.42. The highest BCUT2D eigenvalue weighted by Crippen LogP contribution is 2.20. The largest absolute Gasteiger partial charge is 0.465 e. The highest BCUT2D eigenvalue weighted by molar-refractivity contribution is 8.76. The number of carbonyl (C=O) groups excluding carboxylic acids is 4. The molecule has 2 aliphatic rings. The molecule has 0 atom stereocenters. The number of ether oxygens (including phenoxy) is 7. The van der Waals surface area contributed by atoms with Crippen LogP contribution in [0.5, 0.6) is 0 Å². The van der Waals surface area contributed by atoms with Crippen molar-refractivity contribution in [3.8, 4) is 0 Å². The second kappa shape index (κ2) is 31.9. The molecule has 302 valence electrons. The van der Waals surface area contributed by atoms with Gasteiger partial charge in [-0.3, -0.25) is 29.0 Å². The predicted molar refractivity (Wildman–Crippen MR) is 205 cm³/mol. The van der Waals surface area contributed by atoms with Crippen LogP contribution in [0.3, 0.4) is 0 Å². The van der Waals surface area contributed by atoms with Crippen molar-refractivity contribution in [2.45, 2.75) is 25.7 Å². The second-order valence-electron chi connectivity index (χ2n) is 12.1. The number of morpholine rings is 2. The van der Waals surface area contributed by atoms with Gasteiger partial charge in [-0.15, -0.1) is 0 Å². The third-order valence-corrected chi connectivity index (χ3v) is 11.2. The van der Waals surface area contributed by atoms with Crippen molar-refractivity contribution in [2.75, 3.05) is 169 Å². The van der Waals surface area contributed by atoms with E-state index in [1.165, 1.54) is 0 Å². The van der Waals surface area contributed by atoms with Gasteiger partial charge in [0.05, 0.1) is 58.7 Å². The zero-order chi connectivity index (χ0) is 37.5. The fraction of sp³-hybridized carbons (Fsp3) is 0.882. The molecule has 0 radical (unpaired) electrons. The lowest BCUT2D eigenvalue weighted by Gasteiger charge is -2.29. The number of nitrogens with zero attached hydrogens (tertiary/aromatic N) is 4. The van der Waals surface area contributed by atoms with E-state index in [1.54, 1.807) is 40.5 Å². The zero-order valence-electron chi connectivity index (χ0n) is 31.3. The Balaban J connectivity index is 1.57. The summed E-state index contributed by atoms with van der Waals surface area (Å²) in [5.74, 6) is 0.984. The van der Waals surface area contributed by atoms with Crippen LogP contribution in [0.4, 0.5) is 0 Å². The summed E-state index contributed by atoms with van der Waals surface area (Å²) in [7, 11) is 4.69. The molecule has 0 aromatic carbocycles. The van der Waals surface area contributed by atoms with Crippen molar-refractivity contribution < 1.29 is 52.3 Å². The molecule has 0 N–H and O–H groups in total. The van der Waals surface area contributed by atoms with Crippen molar-refractivity contribution in [3.05, 3.63) is 0 Å². The van der Waals surface area contributed by atoms with Crippen molar-refractivity contribution in [1.29, 1.82) is 0 Å². The van der Waals surface area contributed by atoms with E-state index in [0.29, 0.717) is 64.1 Å². The smallest absolute Gasteiger partial charge is 0.307 e. The quantitative estimate of drug-likeness (QED) is 0.0431. The Morgan fingerprint density at radius 3 is 1.27 bits per heavy atom. The van der Waals surface area contributed by atoms with Crippen LogP contribution in [0, 0.1) is 0 Å². The molecule has 2 rings (SSSR count). The monoisotopic (exact) mass is 798 g/mol. The number of carbonyl (C=O) groups is 4. The minimum Gasteiger partial charge on any atom is -0.465 e. The van der Waals surface area contributed by atoms with E-state index in [1.807, 2.05) is 6.26 Å². The molecule has 2 aliphatic heterocycles. The molecule has 2 saturated heterocycles. The lowest BCUT2D eigenvalue weighted by atomic mass is 10.3. The van der Waals surface area contributed by atoms with E-state index in [0.717, 1.165) is 84.5 Å². The molecule has 0 saturated carbocycles. The second-order valence-corrected chi connectivity index (χ2v) is 15.8. The average Bonchev–Trinajstić information content (AvgIpc) is 3.16. The number of methoxy groups -OCH3 is 1. The predicted octanol–water partition coefficient (Wildman–Crippen LogP) is 1.38. The fourth-order valence-corrected chi connectivity index (χ4v) is 7.05. The van der Waals surface area contributed by atoms with Gasteiger partial charge in [-0.1, -0.05) is 21.6 Å². The van der Waals surface area contributed by atoms with E-state index >= 15 is 0 Å². The molecule has 2 fully saturated rings. The summed E-state index contributed by atoms with van der Waals surface area (Å²) in [4.78, 5) is 58.0. The van der Waals surface area contributed by atoms with Gasteiger partial charge in [0.1, 0.15) is 26.4 Å². The zero-order valence-corrected chi connectivity index (χ0v) is 33.8. The van der Waals surface area contributed by atoms with Crippen LogP contribution in [0.2, 0.25) is 0 Å². The minimum atomic E-state index is -0.282. The average molecular weight is 799 g/mol. The Labute approximate surface area is 322 Å². The summed E-state index contributed by atoms with van der Waals surface area (Å²) in [5, 5.41) is 0. The molecule has 0 spiro atoms. The van der Waals surface area contributed by atoms with Crippen molar-refractivity contribution >= 4 is 57.2 Å². The van der Waals surface area contributed by atoms with Gasteiger partial charge in [0.2, 0.25) is 0 Å². The summed E-state index contributed by atoms with van der Waals surface area (Å²) >= 11 is 1.63. The maximum atomic E-state index is 12.5. The van der Waals surface area contributed by atoms with E-state index in [2.05, 4.69) is 19.6 Å². The Bertz CT molecular complexity index is 890. The van der Waals surface area contributed by atoms with Gasteiger partial charge < -0.3 is 43.0 Å². The number of hydrogen-bond donors (Lipinski definition) is 0. The number of esters is 4. The first kappa shape index (κ1) is 46.8. The molecule has 0 bridgehead atoms. The van der Waals surface area contributed by atoms with Gasteiger partial charge in [-0.2, -0.15) is 11.8 Å². The van der Waals surface area contributed by atoms with E-state index in [4.69, 9.17) is 33.2 Å². The number of rotatable bonds is 31. The molecule has 0 unspecified atom stereocenters. The van der Waals surface area contributed by atoms with Gasteiger partial charge >= 0.3 is 23.9 Å². The molecule has 52 heavy (non-hydrogen) atoms. The molecule has 0 aliphatic carbocycles. The summed E-state index contributed by atoms with van der Waals surface area (Å²) in [5.41, 5.74) is 0. The van der Waals surface area contributed by atoms with Crippen LogP contribution in [-0.4, -0.2) is 212 Å². The molecule has 0 amide bonds. The van der Waals surface area contributed by atoms with Crippen LogP contribution in [0.25, 0.3) is 0 Å². The summed E-state index contributed by atoms with van der Waals surface area (Å²) in [6, 6.07) is 0. The molecular weight excluding hydrogens is 737 g/mol. The Morgan fingerprint density at radius 2 is 0.904 bits per heavy atom. The first-order valence-corrected chi connectivity index (χ1v) is 22.2. The lowest BCUT2D eigenvalue weighted by molar-refractivity contribution is -0.146. The standard InChI is InChI=1S/C34H62N4O11S3/c1-43-23-24-46-31(39)3-7-35(11-13-37-15-19-44-20-16-37)9-5-33(41)48-26-29-51-52-30-27-49-34(42)6-10-36(8-4-32(40)47-25-28-50-2)12-14-38-17-21-45-22-18-38/h3-30H2,1-2H3. The number of thioether (sulfide) groups is 1. The van der Waals surface area contributed by atoms with Gasteiger partial charge in [0, 0.05) is 103 Å². The molecule has 2 heterocycles. The fourth-order valence-electron chi connectivity index (χ4n) is 5.15. The van der Waals surface area contributed by atoms with Crippen molar-refractivity contribution in [2.24, 2.45) is 0 Å². The summed E-state index contributed by atoms with van der Waals surface area (Å²) in [6.07, 6.45) is 3.00. The summed E-state index contributed by atoms with van der Waals surface area (Å²) in [6.45, 7) is 13.2. The summed E-state index contributed by atoms with van der Waals surface area (Å²) < 4.78 is 37.1. The Morgan fingerprint density at radius 1 is 0.538 bits per heavy atom. The van der Waals surface area contributed by atoms with E-state index in [-0.39, 0.29) is 56.2 Å². The van der Waals surface area contributed by atoms with Crippen LogP contribution < -0.4 is 0 Å². The first-order chi connectivity index (χ1) is 25.4. The van der Waals surface area contributed by atoms with Crippen LogP contribution >= 0.6 is 33.3 Å². The molecule has 18 heteroatoms. The SMILES string of the molecule is COCCOC(=O)CCN(CCC(=O)OCCSSCCOC(=O)CCN(CCC(=O)OCCSC)CCN1CCOCC1)CCN1CCOCC1. The third kappa shape index (κ3) is 25.6. The number of hydrogen-bond acceptors (Lipinski definition) is 18. The maximum Gasteiger partial charge on any atom is 0.307 e. The van der Waals surface area contributed by atoms with Gasteiger partial charge in [-0.05, 0) is 6.26 Å². The van der Waals surface area contributed by atoms with Gasteiger partial charge in [0.25, 0.3) is 0 Å². The van der Waals surface area contributed by atoms with Crippen LogP contribution in [0.1, 0.15) is 25.7 Å². The van der Waals surface area contributed by atoms with Crippen molar-refractivity contribution in [3.63, 3.8) is 0 Å². The van der Waals surface area contributed by atoms with Gasteiger partial charge in [-0.25, -0.2) is 0 Å². The normalized spacial score (nSPS) is 15.5. The Hall–Kier alpha value is -1.35. The highest BCUT2D eigenvalue weighted by atomic mass is 33.1. The minimum absolute atomic E-state index is 0.218. The van der Waals surface area contributed by atoms with E-state index < -0.39 is 0 Å². The third-order valence-electron chi connectivity index (χ3n) is 8.24. The van der Waals surface area contributed by atoms with Crippen molar-refractivity contribution in [1.82, 2.24) is 19.6 Å². The molecule has 0 aromatic heterocycles. The molecule has 0 aromatic rings. The maximum absolute atomic E-state index is 12.5. The first-order valence-electron chi connectivity index (χ1n) is 18.3. The van der Waals surface area contributed by atoms with Crippen LogP contribution in [0.15, 0.2) is 0 Å². The van der Waals surface area contributed by atoms with E-state index in [9.17, 15) is 19.2 Å².